The Balaban J connectivity index is 2.11. The molecule has 0 saturated heterocycles. The molecule has 0 bridgehead atoms. The number of halogens is 6. The van der Waals surface area contributed by atoms with Crippen molar-refractivity contribution in [2.75, 3.05) is 4.90 Å². The maximum atomic E-state index is 12.9. The summed E-state index contributed by atoms with van der Waals surface area (Å²) >= 11 is 0. The van der Waals surface area contributed by atoms with E-state index in [9.17, 15) is 36.4 Å². The van der Waals surface area contributed by atoms with E-state index in [-0.39, 0.29) is 16.8 Å². The minimum absolute atomic E-state index is 0.108. The van der Waals surface area contributed by atoms with Gasteiger partial charge in [-0.1, -0.05) is 12.1 Å². The van der Waals surface area contributed by atoms with Crippen LogP contribution in [-0.4, -0.2) is 17.2 Å². The maximum Gasteiger partial charge on any atom is 0.488 e. The molecule has 0 aromatic heterocycles. The smallest absolute Gasteiger partial charge is 0.423 e. The van der Waals surface area contributed by atoms with Crippen LogP contribution in [0, 0.1) is 0 Å². The average molecular weight is 425 g/mol. The van der Waals surface area contributed by atoms with Gasteiger partial charge in [0.2, 0.25) is 0 Å². The Kier molecular flexibility index (Phi) is 5.82. The van der Waals surface area contributed by atoms with E-state index in [1.165, 1.54) is 47.4 Å². The maximum absolute atomic E-state index is 12.9. The Labute approximate surface area is 168 Å². The van der Waals surface area contributed by atoms with Crippen molar-refractivity contribution in [3.63, 3.8) is 0 Å². The lowest BCUT2D eigenvalue weighted by molar-refractivity contribution is -0.138. The van der Waals surface area contributed by atoms with Crippen LogP contribution in [-0.2, 0) is 12.4 Å². The molecule has 3 rings (SSSR count). The van der Waals surface area contributed by atoms with E-state index in [4.69, 9.17) is 0 Å². The number of hydrogen-bond acceptors (Lipinski definition) is 3. The summed E-state index contributed by atoms with van der Waals surface area (Å²) in [6.07, 6.45) is -9.09. The van der Waals surface area contributed by atoms with Crippen LogP contribution in [0.2, 0.25) is 0 Å². The van der Waals surface area contributed by atoms with Gasteiger partial charge in [-0.25, -0.2) is 0 Å². The molecule has 0 saturated carbocycles. The summed E-state index contributed by atoms with van der Waals surface area (Å²) in [5.74, 6) is 0. The van der Waals surface area contributed by atoms with Gasteiger partial charge >= 0.3 is 19.5 Å². The number of rotatable bonds is 4. The van der Waals surface area contributed by atoms with Gasteiger partial charge in [0, 0.05) is 17.1 Å². The van der Waals surface area contributed by atoms with Crippen LogP contribution >= 0.6 is 0 Å². The van der Waals surface area contributed by atoms with Crippen LogP contribution in [0.3, 0.4) is 0 Å². The van der Waals surface area contributed by atoms with Crippen molar-refractivity contribution in [1.82, 2.24) is 0 Å². The summed E-state index contributed by atoms with van der Waals surface area (Å²) in [5.41, 5.74) is -0.840. The molecule has 10 heteroatoms. The fraction of sp³-hybridized carbons (Fsp3) is 0.100. The van der Waals surface area contributed by atoms with E-state index in [2.05, 4.69) is 0 Å². The fourth-order valence-electron chi connectivity index (χ4n) is 2.87. The van der Waals surface area contributed by atoms with Gasteiger partial charge in [0.25, 0.3) is 0 Å². The molecule has 0 fully saturated rings. The Morgan fingerprint density at radius 2 is 1.03 bits per heavy atom. The summed E-state index contributed by atoms with van der Waals surface area (Å²) in [6.45, 7) is 0. The van der Waals surface area contributed by atoms with Crippen molar-refractivity contribution in [2.45, 2.75) is 12.4 Å². The molecule has 0 radical (unpaired) electrons. The van der Waals surface area contributed by atoms with Gasteiger partial charge in [0.1, 0.15) is 0 Å². The molecule has 0 spiro atoms. The number of anilines is 3. The molecule has 0 unspecified atom stereocenters. The largest absolute Gasteiger partial charge is 0.488 e. The topological polar surface area (TPSA) is 43.7 Å². The van der Waals surface area contributed by atoms with Crippen LogP contribution in [0.1, 0.15) is 11.1 Å². The highest BCUT2D eigenvalue weighted by atomic mass is 19.4. The van der Waals surface area contributed by atoms with Crippen LogP contribution < -0.4 is 10.4 Å². The fourth-order valence-corrected chi connectivity index (χ4v) is 2.87. The van der Waals surface area contributed by atoms with E-state index >= 15 is 0 Å². The molecular weight excluding hydrogens is 411 g/mol. The Bertz CT molecular complexity index is 944. The second-order valence-corrected chi connectivity index (χ2v) is 6.39. The first-order valence-electron chi connectivity index (χ1n) is 8.57. The zero-order chi connectivity index (χ0) is 22.1. The lowest BCUT2D eigenvalue weighted by Crippen LogP contribution is -2.30. The van der Waals surface area contributed by atoms with Gasteiger partial charge in [0.15, 0.2) is 0 Å². The molecule has 0 aliphatic heterocycles. The first-order valence-corrected chi connectivity index (χ1v) is 8.57. The third-order valence-corrected chi connectivity index (χ3v) is 4.33. The quantitative estimate of drug-likeness (QED) is 0.463. The van der Waals surface area contributed by atoms with Gasteiger partial charge in [0.05, 0.1) is 11.1 Å². The predicted octanol–water partition coefficient (Wildman–Crippen LogP) is 4.87. The molecule has 0 aliphatic carbocycles. The van der Waals surface area contributed by atoms with Crippen molar-refractivity contribution >= 4 is 29.6 Å². The summed E-state index contributed by atoms with van der Waals surface area (Å²) in [7, 11) is -1.80. The predicted molar refractivity (Wildman–Crippen MR) is 101 cm³/mol. The van der Waals surface area contributed by atoms with Crippen LogP contribution in [0.15, 0.2) is 72.8 Å². The lowest BCUT2D eigenvalue weighted by Gasteiger charge is -2.26. The summed E-state index contributed by atoms with van der Waals surface area (Å²) in [6, 6.07) is 14.0. The molecule has 156 valence electrons. The molecule has 2 N–H and O–H groups in total. The molecule has 30 heavy (non-hydrogen) atoms. The molecule has 0 atom stereocenters. The monoisotopic (exact) mass is 425 g/mol. The number of alkyl halides is 6. The second kappa shape index (κ2) is 8.04. The van der Waals surface area contributed by atoms with Crippen LogP contribution in [0.25, 0.3) is 0 Å². The van der Waals surface area contributed by atoms with E-state index in [0.29, 0.717) is 5.69 Å². The molecule has 0 aliphatic rings. The molecular formula is C20H14BF6NO2. The zero-order valence-electron chi connectivity index (χ0n) is 15.1. The highest BCUT2D eigenvalue weighted by Gasteiger charge is 2.31. The van der Waals surface area contributed by atoms with Crippen molar-refractivity contribution in [1.29, 1.82) is 0 Å². The molecule has 3 aromatic carbocycles. The summed E-state index contributed by atoms with van der Waals surface area (Å²) in [4.78, 5) is 1.41. The van der Waals surface area contributed by atoms with E-state index in [1.54, 1.807) is 6.07 Å². The first kappa shape index (κ1) is 21.7. The number of nitrogens with zero attached hydrogens (tertiary/aromatic N) is 1. The third-order valence-electron chi connectivity index (χ3n) is 4.33. The van der Waals surface area contributed by atoms with Crippen molar-refractivity contribution in [3.8, 4) is 0 Å². The number of benzene rings is 3. The Morgan fingerprint density at radius 3 is 1.40 bits per heavy atom. The highest BCUT2D eigenvalue weighted by molar-refractivity contribution is 6.58. The molecule has 3 nitrogen and oxygen atoms in total. The van der Waals surface area contributed by atoms with Gasteiger partial charge in [-0.05, 0) is 66.1 Å². The van der Waals surface area contributed by atoms with E-state index < -0.39 is 30.6 Å². The normalized spacial score (nSPS) is 12.0. The third kappa shape index (κ3) is 4.77. The van der Waals surface area contributed by atoms with Crippen molar-refractivity contribution < 1.29 is 36.4 Å². The van der Waals surface area contributed by atoms with Gasteiger partial charge < -0.3 is 14.9 Å². The first-order chi connectivity index (χ1) is 14.0. The van der Waals surface area contributed by atoms with E-state index in [0.717, 1.165) is 24.3 Å². The minimum atomic E-state index is -4.54. The lowest BCUT2D eigenvalue weighted by atomic mass is 9.80. The van der Waals surface area contributed by atoms with E-state index in [1.807, 2.05) is 0 Å². The highest BCUT2D eigenvalue weighted by Crippen LogP contribution is 2.38. The van der Waals surface area contributed by atoms with Gasteiger partial charge in [-0.2, -0.15) is 26.3 Å². The van der Waals surface area contributed by atoms with Crippen molar-refractivity contribution in [2.24, 2.45) is 0 Å². The van der Waals surface area contributed by atoms with Crippen LogP contribution in [0.5, 0.6) is 0 Å². The van der Waals surface area contributed by atoms with Gasteiger partial charge in [-0.15, -0.1) is 0 Å². The SMILES string of the molecule is OB(O)c1cccc(N(c2ccc(C(F)(F)F)cc2)c2ccc(C(F)(F)F)cc2)c1. The number of hydrogen-bond donors (Lipinski definition) is 2. The van der Waals surface area contributed by atoms with Crippen LogP contribution in [0.4, 0.5) is 43.4 Å². The Hall–Kier alpha value is -2.98. The van der Waals surface area contributed by atoms with Crippen molar-refractivity contribution in [3.05, 3.63) is 83.9 Å². The second-order valence-electron chi connectivity index (χ2n) is 6.39. The zero-order valence-corrected chi connectivity index (χ0v) is 15.1. The molecule has 0 amide bonds. The molecule has 3 aromatic rings. The molecule has 0 heterocycles. The minimum Gasteiger partial charge on any atom is -0.423 e. The standard InChI is InChI=1S/C20H14BF6NO2/c22-19(23,24)13-4-8-16(9-5-13)28(18-3-1-2-15(12-18)21(29)30)17-10-6-14(7-11-17)20(25,26)27/h1-12,29-30H. The average Bonchev–Trinajstić information content (AvgIpc) is 2.68. The van der Waals surface area contributed by atoms with Gasteiger partial charge in [-0.3, -0.25) is 0 Å². The Morgan fingerprint density at radius 1 is 0.600 bits per heavy atom. The summed E-state index contributed by atoms with van der Waals surface area (Å²) < 4.78 is 77.3. The summed E-state index contributed by atoms with van der Waals surface area (Å²) in [5, 5.41) is 18.8.